The van der Waals surface area contributed by atoms with Gasteiger partial charge < -0.3 is 9.80 Å². The topological polar surface area (TPSA) is 65.9 Å². The molecule has 2 saturated carbocycles. The Bertz CT molecular complexity index is 1340. The van der Waals surface area contributed by atoms with Crippen LogP contribution in [-0.2, 0) is 15.0 Å². The van der Waals surface area contributed by atoms with Crippen LogP contribution in [0.5, 0.6) is 0 Å². The van der Waals surface area contributed by atoms with Crippen LogP contribution in [-0.4, -0.2) is 57.6 Å². The monoisotopic (exact) mass is 520 g/mol. The summed E-state index contributed by atoms with van der Waals surface area (Å²) >= 11 is 6.79. The fourth-order valence-electron chi connectivity index (χ4n) is 6.38. The van der Waals surface area contributed by atoms with Gasteiger partial charge in [0.25, 0.3) is 5.91 Å². The highest BCUT2D eigenvalue weighted by molar-refractivity contribution is 6.33. The van der Waals surface area contributed by atoms with Crippen LogP contribution in [0.15, 0.2) is 48.0 Å². The fraction of sp³-hybridized carbons (Fsp3) is 0.448. The van der Waals surface area contributed by atoms with Gasteiger partial charge in [-0.15, -0.1) is 0 Å². The standard InChI is InChI=1S/C29H30ClFN4O2/c1-4-24(36)34-14-17(3)35(15-16(34)2)27-21-13-22(30)25(20-7-5-6-8-23(20)31)32-26(21)29(18-9-10-18,19-11-12-19)28(37)33-27/h4-8,13,16-19H,1,9-12,14-15H2,2-3H3. The van der Waals surface area contributed by atoms with E-state index < -0.39 is 11.2 Å². The lowest BCUT2D eigenvalue weighted by atomic mass is 9.70. The Hall–Kier alpha value is -3.06. The predicted molar refractivity (Wildman–Crippen MR) is 141 cm³/mol. The molecule has 0 bridgehead atoms. The van der Waals surface area contributed by atoms with Gasteiger partial charge in [0.1, 0.15) is 11.7 Å². The Morgan fingerprint density at radius 1 is 1.11 bits per heavy atom. The maximum Gasteiger partial charge on any atom is 0.260 e. The van der Waals surface area contributed by atoms with Gasteiger partial charge in [-0.1, -0.05) is 30.3 Å². The average molecular weight is 521 g/mol. The molecule has 2 unspecified atom stereocenters. The molecule has 2 aliphatic heterocycles. The second kappa shape index (κ2) is 8.76. The average Bonchev–Trinajstić information content (AvgIpc) is 3.79. The van der Waals surface area contributed by atoms with E-state index in [9.17, 15) is 14.0 Å². The number of hydrogen-bond donors (Lipinski definition) is 0. The number of carbonyl (C=O) groups excluding carboxylic acids is 2. The normalized spacial score (nSPS) is 25.0. The van der Waals surface area contributed by atoms with Crippen molar-refractivity contribution < 1.29 is 14.0 Å². The smallest absolute Gasteiger partial charge is 0.260 e. The van der Waals surface area contributed by atoms with Gasteiger partial charge in [0.05, 0.1) is 21.8 Å². The van der Waals surface area contributed by atoms with E-state index in [1.54, 1.807) is 23.1 Å². The molecular weight excluding hydrogens is 491 g/mol. The summed E-state index contributed by atoms with van der Waals surface area (Å²) in [6.07, 6.45) is 5.18. The van der Waals surface area contributed by atoms with Gasteiger partial charge >= 0.3 is 0 Å². The van der Waals surface area contributed by atoms with Crippen LogP contribution in [0.4, 0.5) is 4.39 Å². The highest BCUT2D eigenvalue weighted by Crippen LogP contribution is 2.61. The summed E-state index contributed by atoms with van der Waals surface area (Å²) in [6.45, 7) is 8.63. The van der Waals surface area contributed by atoms with Gasteiger partial charge in [-0.05, 0) is 75.6 Å². The van der Waals surface area contributed by atoms with Crippen LogP contribution in [0.2, 0.25) is 5.02 Å². The number of carbonyl (C=O) groups is 2. The minimum Gasteiger partial charge on any atom is -0.349 e. The van der Waals surface area contributed by atoms with E-state index in [0.29, 0.717) is 40.9 Å². The number of nitrogens with zero attached hydrogens (tertiary/aromatic N) is 4. The van der Waals surface area contributed by atoms with Gasteiger partial charge in [-0.3, -0.25) is 9.59 Å². The van der Waals surface area contributed by atoms with E-state index in [1.807, 2.05) is 19.9 Å². The molecule has 4 aliphatic rings. The highest BCUT2D eigenvalue weighted by Gasteiger charge is 2.63. The molecular formula is C29H30ClFN4O2. The van der Waals surface area contributed by atoms with Crippen molar-refractivity contribution in [1.82, 2.24) is 14.8 Å². The predicted octanol–water partition coefficient (Wildman–Crippen LogP) is 4.99. The summed E-state index contributed by atoms with van der Waals surface area (Å²) in [4.78, 5) is 40.2. The molecule has 2 aromatic rings. The van der Waals surface area contributed by atoms with Crippen LogP contribution in [0.3, 0.4) is 0 Å². The van der Waals surface area contributed by atoms with E-state index >= 15 is 0 Å². The van der Waals surface area contributed by atoms with E-state index in [-0.39, 0.29) is 35.7 Å². The molecule has 2 aliphatic carbocycles. The molecule has 0 N–H and O–H groups in total. The maximum atomic E-state index is 14.9. The van der Waals surface area contributed by atoms with Crippen LogP contribution < -0.4 is 0 Å². The molecule has 3 heterocycles. The second-order valence-corrected chi connectivity index (χ2v) is 11.3. The number of aliphatic imine (C=N–C) groups is 1. The number of rotatable bonds is 4. The van der Waals surface area contributed by atoms with Crippen molar-refractivity contribution in [3.8, 4) is 11.3 Å². The first-order chi connectivity index (χ1) is 17.8. The van der Waals surface area contributed by atoms with Gasteiger partial charge in [0, 0.05) is 36.3 Å². The van der Waals surface area contributed by atoms with Crippen molar-refractivity contribution in [2.24, 2.45) is 16.8 Å². The van der Waals surface area contributed by atoms with E-state index in [2.05, 4.69) is 11.5 Å². The Morgan fingerprint density at radius 3 is 2.41 bits per heavy atom. The molecule has 2 atom stereocenters. The molecule has 0 spiro atoms. The number of amides is 2. The Morgan fingerprint density at radius 2 is 1.78 bits per heavy atom. The van der Waals surface area contributed by atoms with Crippen molar-refractivity contribution in [3.63, 3.8) is 0 Å². The van der Waals surface area contributed by atoms with Crippen molar-refractivity contribution in [2.45, 2.75) is 57.0 Å². The Kier molecular flexibility index (Phi) is 5.75. The number of aromatic nitrogens is 1. The number of piperazine rings is 1. The van der Waals surface area contributed by atoms with E-state index in [0.717, 1.165) is 31.2 Å². The SMILES string of the molecule is C=CC(=O)N1CC(C)N(C2=NC(=O)C(C3CC3)(C3CC3)c3nc(-c4ccccc4F)c(Cl)cc32)CC1C. The number of pyridine rings is 1. The highest BCUT2D eigenvalue weighted by atomic mass is 35.5. The Labute approximate surface area is 221 Å². The maximum absolute atomic E-state index is 14.9. The lowest BCUT2D eigenvalue weighted by Gasteiger charge is -2.47. The number of fused-ring (bicyclic) bond motifs is 1. The van der Waals surface area contributed by atoms with Gasteiger partial charge in [0.15, 0.2) is 0 Å². The molecule has 2 amide bonds. The number of amidine groups is 1. The summed E-state index contributed by atoms with van der Waals surface area (Å²) in [5.41, 5.74) is 1.36. The van der Waals surface area contributed by atoms with Gasteiger partial charge in [-0.25, -0.2) is 9.37 Å². The molecule has 0 radical (unpaired) electrons. The summed E-state index contributed by atoms with van der Waals surface area (Å²) < 4.78 is 14.9. The molecule has 1 aromatic carbocycles. The number of benzene rings is 1. The van der Waals surface area contributed by atoms with Gasteiger partial charge in [-0.2, -0.15) is 4.99 Å². The largest absolute Gasteiger partial charge is 0.349 e. The first kappa shape index (κ1) is 24.3. The Balaban J connectivity index is 1.51. The third-order valence-electron chi connectivity index (χ3n) is 8.46. The van der Waals surface area contributed by atoms with Crippen LogP contribution in [0.25, 0.3) is 11.3 Å². The quantitative estimate of drug-likeness (QED) is 0.533. The van der Waals surface area contributed by atoms with Crippen molar-refractivity contribution in [1.29, 1.82) is 0 Å². The third kappa shape index (κ3) is 3.73. The lowest BCUT2D eigenvalue weighted by Crippen LogP contribution is -2.60. The molecule has 6 rings (SSSR count). The zero-order valence-electron chi connectivity index (χ0n) is 21.1. The van der Waals surface area contributed by atoms with Crippen molar-refractivity contribution in [3.05, 3.63) is 65.1 Å². The summed E-state index contributed by atoms with van der Waals surface area (Å²) in [7, 11) is 0. The summed E-state index contributed by atoms with van der Waals surface area (Å²) in [5.74, 6) is 0.285. The van der Waals surface area contributed by atoms with Crippen LogP contribution >= 0.6 is 11.6 Å². The first-order valence-corrected chi connectivity index (χ1v) is 13.4. The lowest BCUT2D eigenvalue weighted by molar-refractivity contribution is -0.131. The minimum absolute atomic E-state index is 0.0844. The minimum atomic E-state index is -0.779. The number of hydrogen-bond acceptors (Lipinski definition) is 4. The zero-order chi connectivity index (χ0) is 26.1. The van der Waals surface area contributed by atoms with E-state index in [4.69, 9.17) is 21.6 Å². The fourth-order valence-corrected chi connectivity index (χ4v) is 6.63. The second-order valence-electron chi connectivity index (χ2n) is 10.9. The van der Waals surface area contributed by atoms with E-state index in [1.165, 1.54) is 12.1 Å². The third-order valence-corrected chi connectivity index (χ3v) is 8.75. The summed E-state index contributed by atoms with van der Waals surface area (Å²) in [6, 6.07) is 8.11. The molecule has 1 aromatic heterocycles. The number of halogens is 2. The molecule has 1 saturated heterocycles. The van der Waals surface area contributed by atoms with Crippen LogP contribution in [0.1, 0.15) is 50.8 Å². The summed E-state index contributed by atoms with van der Waals surface area (Å²) in [5, 5.41) is 0.326. The first-order valence-electron chi connectivity index (χ1n) is 13.1. The molecule has 8 heteroatoms. The molecule has 6 nitrogen and oxygen atoms in total. The zero-order valence-corrected chi connectivity index (χ0v) is 21.8. The van der Waals surface area contributed by atoms with Crippen molar-refractivity contribution >= 4 is 29.3 Å². The molecule has 192 valence electrons. The molecule has 3 fully saturated rings. The van der Waals surface area contributed by atoms with Crippen LogP contribution in [0, 0.1) is 17.7 Å². The van der Waals surface area contributed by atoms with Gasteiger partial charge in [0.2, 0.25) is 5.91 Å². The van der Waals surface area contributed by atoms with Crippen molar-refractivity contribution in [2.75, 3.05) is 13.1 Å². The molecule has 37 heavy (non-hydrogen) atoms.